The fraction of sp³-hybridized carbons (Fsp3) is 0.833. The molecule has 13 heavy (non-hydrogen) atoms. The van der Waals surface area contributed by atoms with Crippen LogP contribution in [0.3, 0.4) is 0 Å². The molecule has 0 spiro atoms. The van der Waals surface area contributed by atoms with Crippen molar-refractivity contribution < 1.29 is 0 Å². The van der Waals surface area contributed by atoms with Crippen molar-refractivity contribution in [3.05, 3.63) is 12.2 Å². The Morgan fingerprint density at radius 3 is 2.23 bits per heavy atom. The third-order valence-electron chi connectivity index (χ3n) is 3.57. The molecule has 1 heteroatoms. The lowest BCUT2D eigenvalue weighted by molar-refractivity contribution is 0.140. The summed E-state index contributed by atoms with van der Waals surface area (Å²) in [5.41, 5.74) is 1.48. The van der Waals surface area contributed by atoms with Crippen LogP contribution >= 0.6 is 0 Å². The molecule has 0 radical (unpaired) electrons. The Hall–Kier alpha value is -0.300. The summed E-state index contributed by atoms with van der Waals surface area (Å²) in [5, 5.41) is 0. The van der Waals surface area contributed by atoms with E-state index in [-0.39, 0.29) is 0 Å². The normalized spacial score (nSPS) is 27.8. The predicted molar refractivity (Wildman–Crippen MR) is 56.8 cm³/mol. The monoisotopic (exact) mass is 179 g/mol. The summed E-state index contributed by atoms with van der Waals surface area (Å²) in [6, 6.07) is 0.894. The maximum atomic E-state index is 4.08. The van der Waals surface area contributed by atoms with E-state index < -0.39 is 0 Å². The van der Waals surface area contributed by atoms with E-state index in [0.717, 1.165) is 6.04 Å². The molecule has 0 aromatic heterocycles. The highest BCUT2D eigenvalue weighted by molar-refractivity contribution is 5.00. The fourth-order valence-electron chi connectivity index (χ4n) is 2.66. The van der Waals surface area contributed by atoms with Crippen molar-refractivity contribution in [2.24, 2.45) is 0 Å². The van der Waals surface area contributed by atoms with E-state index in [2.05, 4.69) is 11.5 Å². The summed E-state index contributed by atoms with van der Waals surface area (Å²) in [6.45, 7) is 6.79. The van der Waals surface area contributed by atoms with Gasteiger partial charge in [-0.3, -0.25) is 0 Å². The van der Waals surface area contributed by atoms with Crippen LogP contribution in [-0.4, -0.2) is 24.0 Å². The van der Waals surface area contributed by atoms with Crippen LogP contribution in [-0.2, 0) is 0 Å². The molecule has 1 aliphatic carbocycles. The molecule has 0 atom stereocenters. The zero-order valence-corrected chi connectivity index (χ0v) is 8.60. The van der Waals surface area contributed by atoms with Gasteiger partial charge < -0.3 is 4.90 Å². The van der Waals surface area contributed by atoms with Gasteiger partial charge in [-0.1, -0.05) is 18.6 Å². The topological polar surface area (TPSA) is 3.24 Å². The van der Waals surface area contributed by atoms with Crippen LogP contribution in [0, 0.1) is 0 Å². The summed E-state index contributed by atoms with van der Waals surface area (Å²) in [6.07, 6.45) is 9.62. The summed E-state index contributed by atoms with van der Waals surface area (Å²) in [4.78, 5) is 2.72. The lowest BCUT2D eigenvalue weighted by Gasteiger charge is -2.37. The van der Waals surface area contributed by atoms with Crippen LogP contribution in [0.1, 0.15) is 44.9 Å². The van der Waals surface area contributed by atoms with E-state index in [1.807, 2.05) is 0 Å². The molecule has 1 heterocycles. The van der Waals surface area contributed by atoms with E-state index in [4.69, 9.17) is 0 Å². The number of likely N-dealkylation sites (tertiary alicyclic amines) is 1. The van der Waals surface area contributed by atoms with Gasteiger partial charge in [-0.2, -0.15) is 0 Å². The highest BCUT2D eigenvalue weighted by Gasteiger charge is 2.23. The quantitative estimate of drug-likeness (QED) is 0.559. The molecule has 0 N–H and O–H groups in total. The Balaban J connectivity index is 1.82. The Bertz CT molecular complexity index is 170. The van der Waals surface area contributed by atoms with Crippen molar-refractivity contribution in [3.8, 4) is 0 Å². The van der Waals surface area contributed by atoms with E-state index in [1.54, 1.807) is 0 Å². The Kier molecular flexibility index (Phi) is 3.05. The third kappa shape index (κ3) is 2.34. The Labute approximate surface area is 81.8 Å². The molecule has 1 aliphatic heterocycles. The van der Waals surface area contributed by atoms with Gasteiger partial charge in [0, 0.05) is 6.04 Å². The fourth-order valence-corrected chi connectivity index (χ4v) is 2.66. The molecule has 2 fully saturated rings. The molecule has 1 nitrogen and oxygen atoms in total. The van der Waals surface area contributed by atoms with Crippen LogP contribution in [0.15, 0.2) is 12.2 Å². The molecule has 0 bridgehead atoms. The van der Waals surface area contributed by atoms with Gasteiger partial charge in [0.2, 0.25) is 0 Å². The number of allylic oxidation sites excluding steroid dienone is 1. The summed E-state index contributed by atoms with van der Waals surface area (Å²) < 4.78 is 0. The van der Waals surface area contributed by atoms with Gasteiger partial charge >= 0.3 is 0 Å². The number of hydrogen-bond acceptors (Lipinski definition) is 1. The molecule has 1 saturated carbocycles. The van der Waals surface area contributed by atoms with Crippen molar-refractivity contribution in [1.29, 1.82) is 0 Å². The van der Waals surface area contributed by atoms with Gasteiger partial charge in [-0.15, -0.1) is 0 Å². The average molecular weight is 179 g/mol. The molecule has 1 saturated heterocycles. The molecular formula is C12H21N. The van der Waals surface area contributed by atoms with Gasteiger partial charge in [0.1, 0.15) is 0 Å². The first-order chi connectivity index (χ1) is 6.36. The molecule has 2 rings (SSSR count). The largest absolute Gasteiger partial charge is 0.300 e. The third-order valence-corrected chi connectivity index (χ3v) is 3.57. The minimum atomic E-state index is 0.894. The standard InChI is InChI=1S/C12H21N/c1-11-5-7-12(8-6-11)13-9-3-2-4-10-13/h12H,1-10H2. The van der Waals surface area contributed by atoms with Crippen LogP contribution in [0.2, 0.25) is 0 Å². The van der Waals surface area contributed by atoms with Crippen LogP contribution in [0.25, 0.3) is 0 Å². The van der Waals surface area contributed by atoms with E-state index in [9.17, 15) is 0 Å². The second-order valence-electron chi connectivity index (χ2n) is 4.58. The summed E-state index contributed by atoms with van der Waals surface area (Å²) in [7, 11) is 0. The lowest BCUT2D eigenvalue weighted by Crippen LogP contribution is -2.40. The minimum Gasteiger partial charge on any atom is -0.300 e. The molecular weight excluding hydrogens is 158 g/mol. The van der Waals surface area contributed by atoms with Crippen LogP contribution < -0.4 is 0 Å². The minimum absolute atomic E-state index is 0.894. The van der Waals surface area contributed by atoms with Crippen molar-refractivity contribution in [2.45, 2.75) is 51.0 Å². The van der Waals surface area contributed by atoms with E-state index in [0.29, 0.717) is 0 Å². The molecule has 74 valence electrons. The first-order valence-corrected chi connectivity index (χ1v) is 5.77. The van der Waals surface area contributed by atoms with E-state index >= 15 is 0 Å². The Morgan fingerprint density at radius 2 is 1.62 bits per heavy atom. The van der Waals surface area contributed by atoms with Crippen LogP contribution in [0.5, 0.6) is 0 Å². The average Bonchev–Trinajstić information content (AvgIpc) is 2.20. The van der Waals surface area contributed by atoms with Crippen molar-refractivity contribution in [3.63, 3.8) is 0 Å². The van der Waals surface area contributed by atoms with Gasteiger partial charge in [0.15, 0.2) is 0 Å². The van der Waals surface area contributed by atoms with Gasteiger partial charge in [0.25, 0.3) is 0 Å². The number of nitrogens with zero attached hydrogens (tertiary/aromatic N) is 1. The SMILES string of the molecule is C=C1CCC(N2CCCCC2)CC1. The van der Waals surface area contributed by atoms with E-state index in [1.165, 1.54) is 63.6 Å². The predicted octanol–water partition coefficient (Wildman–Crippen LogP) is 2.97. The zero-order valence-electron chi connectivity index (χ0n) is 8.60. The molecule has 0 amide bonds. The molecule has 2 aliphatic rings. The maximum Gasteiger partial charge on any atom is 0.0101 e. The molecule has 0 aromatic carbocycles. The van der Waals surface area contributed by atoms with Crippen LogP contribution in [0.4, 0.5) is 0 Å². The molecule has 0 aromatic rings. The zero-order chi connectivity index (χ0) is 9.10. The highest BCUT2D eigenvalue weighted by Crippen LogP contribution is 2.27. The van der Waals surface area contributed by atoms with Gasteiger partial charge in [0.05, 0.1) is 0 Å². The number of rotatable bonds is 1. The smallest absolute Gasteiger partial charge is 0.0101 e. The van der Waals surface area contributed by atoms with Crippen molar-refractivity contribution >= 4 is 0 Å². The van der Waals surface area contributed by atoms with Gasteiger partial charge in [-0.05, 0) is 51.6 Å². The number of hydrogen-bond donors (Lipinski definition) is 0. The van der Waals surface area contributed by atoms with Crippen molar-refractivity contribution in [2.75, 3.05) is 13.1 Å². The number of piperidine rings is 1. The summed E-state index contributed by atoms with van der Waals surface area (Å²) >= 11 is 0. The second-order valence-corrected chi connectivity index (χ2v) is 4.58. The second kappa shape index (κ2) is 4.28. The van der Waals surface area contributed by atoms with Crippen molar-refractivity contribution in [1.82, 2.24) is 4.90 Å². The first kappa shape index (κ1) is 9.26. The maximum absolute atomic E-state index is 4.08. The Morgan fingerprint density at radius 1 is 1.00 bits per heavy atom. The first-order valence-electron chi connectivity index (χ1n) is 5.77. The van der Waals surface area contributed by atoms with Gasteiger partial charge in [-0.25, -0.2) is 0 Å². The summed E-state index contributed by atoms with van der Waals surface area (Å²) in [5.74, 6) is 0. The molecule has 0 unspecified atom stereocenters. The highest BCUT2D eigenvalue weighted by atomic mass is 15.2. The lowest BCUT2D eigenvalue weighted by atomic mass is 9.90.